The number of anilines is 1. The maximum absolute atomic E-state index is 13.3. The molecule has 0 aliphatic carbocycles. The Morgan fingerprint density at radius 3 is 2.70 bits per heavy atom. The molecule has 2 amide bonds. The number of nitrogens with zero attached hydrogens (tertiary/aromatic N) is 4. The number of hydrazone groups is 1. The molecule has 0 radical (unpaired) electrons. The molecular weight excluding hydrogens is 398 g/mol. The van der Waals surface area contributed by atoms with Crippen LogP contribution in [-0.2, 0) is 11.3 Å². The number of nitrogens with one attached hydrogen (secondary N) is 1. The lowest BCUT2D eigenvalue weighted by Gasteiger charge is -2.15. The van der Waals surface area contributed by atoms with Crippen LogP contribution in [-0.4, -0.2) is 38.6 Å². The van der Waals surface area contributed by atoms with Gasteiger partial charge in [-0.25, -0.2) is 9.99 Å². The Kier molecular flexibility index (Phi) is 4.61. The summed E-state index contributed by atoms with van der Waals surface area (Å²) in [5.41, 5.74) is 3.08. The highest BCUT2D eigenvalue weighted by molar-refractivity contribution is 7.13. The van der Waals surface area contributed by atoms with Crippen LogP contribution >= 0.6 is 11.3 Å². The molecule has 7 nitrogen and oxygen atoms in total. The predicted octanol–water partition coefficient (Wildman–Crippen LogP) is 3.60. The molecule has 1 aliphatic rings. The Hall–Kier alpha value is -3.78. The van der Waals surface area contributed by atoms with E-state index in [1.807, 2.05) is 65.2 Å². The van der Waals surface area contributed by atoms with E-state index < -0.39 is 0 Å². The third-order valence-electron chi connectivity index (χ3n) is 4.89. The van der Waals surface area contributed by atoms with E-state index in [9.17, 15) is 9.59 Å². The van der Waals surface area contributed by atoms with Crippen LogP contribution in [0.25, 0.3) is 10.9 Å². The van der Waals surface area contributed by atoms with Crippen molar-refractivity contribution in [1.82, 2.24) is 14.6 Å². The minimum Gasteiger partial charge on any atom is -0.330 e. The number of carbonyl (C=O) groups is 2. The van der Waals surface area contributed by atoms with E-state index in [1.54, 1.807) is 11.6 Å². The van der Waals surface area contributed by atoms with Crippen LogP contribution in [0.3, 0.4) is 0 Å². The molecule has 5 rings (SSSR count). The van der Waals surface area contributed by atoms with Crippen LogP contribution in [0.1, 0.15) is 16.1 Å². The lowest BCUT2D eigenvalue weighted by atomic mass is 10.1. The zero-order chi connectivity index (χ0) is 20.5. The molecule has 4 aromatic rings. The molecular formula is C22H17N5O2S. The Bertz CT molecular complexity index is 1260. The highest BCUT2D eigenvalue weighted by Crippen LogP contribution is 2.24. The fourth-order valence-electron chi connectivity index (χ4n) is 3.53. The van der Waals surface area contributed by atoms with E-state index in [1.165, 1.54) is 16.3 Å². The molecule has 3 heterocycles. The van der Waals surface area contributed by atoms with Gasteiger partial charge in [-0.2, -0.15) is 5.10 Å². The molecule has 8 heteroatoms. The standard InChI is InChI=1S/C22H17N5O2S/c28-20(24-22-23-10-11-30-22)14-27-21(29)19-12-16-8-4-5-9-18(16)26(19)13-17(25-27)15-6-2-1-3-7-15/h1-12H,13-14H2,(H,23,24,28). The van der Waals surface area contributed by atoms with Gasteiger partial charge in [0.1, 0.15) is 12.2 Å². The second kappa shape index (κ2) is 7.57. The number of aromatic nitrogens is 2. The number of carbonyl (C=O) groups excluding carboxylic acids is 2. The van der Waals surface area contributed by atoms with Crippen molar-refractivity contribution in [3.63, 3.8) is 0 Å². The summed E-state index contributed by atoms with van der Waals surface area (Å²) >= 11 is 1.32. The molecule has 1 aliphatic heterocycles. The van der Waals surface area contributed by atoms with Crippen LogP contribution in [0, 0.1) is 0 Å². The molecule has 0 fully saturated rings. The summed E-state index contributed by atoms with van der Waals surface area (Å²) < 4.78 is 1.96. The second-order valence-corrected chi connectivity index (χ2v) is 7.73. The maximum Gasteiger partial charge on any atom is 0.291 e. The molecule has 1 N–H and O–H groups in total. The number of rotatable bonds is 4. The summed E-state index contributed by atoms with van der Waals surface area (Å²) in [5.74, 6) is -0.662. The number of hydrogen-bond acceptors (Lipinski definition) is 5. The number of para-hydroxylation sites is 1. The van der Waals surface area contributed by atoms with Gasteiger partial charge in [0.15, 0.2) is 5.13 Å². The van der Waals surface area contributed by atoms with Gasteiger partial charge in [0, 0.05) is 22.5 Å². The molecule has 0 saturated carbocycles. The summed E-state index contributed by atoms with van der Waals surface area (Å²) in [4.78, 5) is 29.9. The van der Waals surface area contributed by atoms with E-state index in [-0.39, 0.29) is 18.4 Å². The third kappa shape index (κ3) is 3.37. The summed E-state index contributed by atoms with van der Waals surface area (Å²) in [6.45, 7) is 0.236. The largest absolute Gasteiger partial charge is 0.330 e. The first kappa shape index (κ1) is 18.3. The number of benzene rings is 2. The van der Waals surface area contributed by atoms with Gasteiger partial charge in [0.2, 0.25) is 5.91 Å². The van der Waals surface area contributed by atoms with Crippen molar-refractivity contribution < 1.29 is 9.59 Å². The smallest absolute Gasteiger partial charge is 0.291 e. The van der Waals surface area contributed by atoms with Gasteiger partial charge in [-0.1, -0.05) is 48.5 Å². The van der Waals surface area contributed by atoms with Gasteiger partial charge in [-0.3, -0.25) is 9.59 Å². The maximum atomic E-state index is 13.3. The normalized spacial score (nSPS) is 13.7. The minimum absolute atomic E-state index is 0.198. The highest BCUT2D eigenvalue weighted by atomic mass is 32.1. The summed E-state index contributed by atoms with van der Waals surface area (Å²) in [6, 6.07) is 19.4. The molecule has 0 bridgehead atoms. The molecule has 0 unspecified atom stereocenters. The Morgan fingerprint density at radius 2 is 1.90 bits per heavy atom. The zero-order valence-corrected chi connectivity index (χ0v) is 16.7. The molecule has 0 spiro atoms. The monoisotopic (exact) mass is 415 g/mol. The van der Waals surface area contributed by atoms with Gasteiger partial charge in [0.05, 0.1) is 12.3 Å². The predicted molar refractivity (Wildman–Crippen MR) is 117 cm³/mol. The van der Waals surface area contributed by atoms with Crippen molar-refractivity contribution >= 4 is 44.9 Å². The summed E-state index contributed by atoms with van der Waals surface area (Å²) in [5, 5.41) is 11.8. The van der Waals surface area contributed by atoms with Crippen molar-refractivity contribution in [1.29, 1.82) is 0 Å². The van der Waals surface area contributed by atoms with Crippen molar-refractivity contribution in [2.75, 3.05) is 11.9 Å². The van der Waals surface area contributed by atoms with Crippen molar-refractivity contribution in [2.24, 2.45) is 5.10 Å². The fourth-order valence-corrected chi connectivity index (χ4v) is 4.07. The zero-order valence-electron chi connectivity index (χ0n) is 15.9. The number of thiazole rings is 1. The van der Waals surface area contributed by atoms with Crippen molar-refractivity contribution in [2.45, 2.75) is 6.54 Å². The van der Waals surface area contributed by atoms with Crippen LogP contribution in [0.2, 0.25) is 0 Å². The van der Waals surface area contributed by atoms with Crippen LogP contribution in [0.5, 0.6) is 0 Å². The number of amides is 2. The highest BCUT2D eigenvalue weighted by Gasteiger charge is 2.28. The fraction of sp³-hybridized carbons (Fsp3) is 0.0909. The minimum atomic E-state index is -0.348. The van der Waals surface area contributed by atoms with E-state index in [2.05, 4.69) is 15.4 Å². The first-order chi connectivity index (χ1) is 14.7. The van der Waals surface area contributed by atoms with Gasteiger partial charge >= 0.3 is 0 Å². The van der Waals surface area contributed by atoms with Gasteiger partial charge < -0.3 is 9.88 Å². The van der Waals surface area contributed by atoms with Crippen LogP contribution < -0.4 is 5.32 Å². The number of fused-ring (bicyclic) bond motifs is 3. The van der Waals surface area contributed by atoms with E-state index >= 15 is 0 Å². The quantitative estimate of drug-likeness (QED) is 0.553. The van der Waals surface area contributed by atoms with Crippen LogP contribution in [0.15, 0.2) is 77.3 Å². The molecule has 0 atom stereocenters. The van der Waals surface area contributed by atoms with E-state index in [0.717, 1.165) is 16.5 Å². The average molecular weight is 415 g/mol. The summed E-state index contributed by atoms with van der Waals surface area (Å²) in [7, 11) is 0. The van der Waals surface area contributed by atoms with Gasteiger partial charge in [0.25, 0.3) is 5.91 Å². The van der Waals surface area contributed by atoms with E-state index in [4.69, 9.17) is 0 Å². The van der Waals surface area contributed by atoms with E-state index in [0.29, 0.717) is 23.1 Å². The van der Waals surface area contributed by atoms with Crippen molar-refractivity contribution in [3.05, 3.63) is 83.5 Å². The molecule has 30 heavy (non-hydrogen) atoms. The topological polar surface area (TPSA) is 79.6 Å². The molecule has 148 valence electrons. The Balaban J connectivity index is 1.56. The molecule has 2 aromatic heterocycles. The first-order valence-corrected chi connectivity index (χ1v) is 10.3. The Labute approximate surface area is 176 Å². The van der Waals surface area contributed by atoms with Gasteiger partial charge in [-0.15, -0.1) is 11.3 Å². The van der Waals surface area contributed by atoms with Crippen molar-refractivity contribution in [3.8, 4) is 0 Å². The lowest BCUT2D eigenvalue weighted by molar-refractivity contribution is -0.116. The van der Waals surface area contributed by atoms with Gasteiger partial charge in [-0.05, 0) is 17.7 Å². The average Bonchev–Trinajstić information content (AvgIpc) is 3.38. The SMILES string of the molecule is O=C(CN1N=C(c2ccccc2)Cn2c(cc3ccccc32)C1=O)Nc1nccs1. The number of hydrogen-bond donors (Lipinski definition) is 1. The molecule has 0 saturated heterocycles. The third-order valence-corrected chi connectivity index (χ3v) is 5.58. The van der Waals surface area contributed by atoms with Crippen LogP contribution in [0.4, 0.5) is 5.13 Å². The first-order valence-electron chi connectivity index (χ1n) is 9.41. The Morgan fingerprint density at radius 1 is 1.10 bits per heavy atom. The molecule has 2 aromatic carbocycles. The summed E-state index contributed by atoms with van der Waals surface area (Å²) in [6.07, 6.45) is 1.61. The lowest BCUT2D eigenvalue weighted by Crippen LogP contribution is -2.34. The second-order valence-electron chi connectivity index (χ2n) is 6.84.